The predicted molar refractivity (Wildman–Crippen MR) is 117 cm³/mol. The lowest BCUT2D eigenvalue weighted by Gasteiger charge is -2.10. The van der Waals surface area contributed by atoms with Gasteiger partial charge in [-0.15, -0.1) is 0 Å². The molecule has 0 fully saturated rings. The SMILES string of the molecule is O=C(CNC(=O)c1cccc(Br)c1)Nc1ccccc1-c1nc2ccccc2[nH]1. The van der Waals surface area contributed by atoms with Crippen LogP contribution in [0.1, 0.15) is 10.4 Å². The third-order valence-electron chi connectivity index (χ3n) is 4.34. The van der Waals surface area contributed by atoms with Gasteiger partial charge in [0.15, 0.2) is 0 Å². The molecule has 4 aromatic rings. The van der Waals surface area contributed by atoms with Crippen LogP contribution < -0.4 is 10.6 Å². The number of carbonyl (C=O) groups excluding carboxylic acids is 2. The summed E-state index contributed by atoms with van der Waals surface area (Å²) in [7, 11) is 0. The Hall–Kier alpha value is -3.45. The highest BCUT2D eigenvalue weighted by Crippen LogP contribution is 2.27. The van der Waals surface area contributed by atoms with Crippen molar-refractivity contribution in [1.29, 1.82) is 0 Å². The van der Waals surface area contributed by atoms with Crippen LogP contribution in [-0.2, 0) is 4.79 Å². The van der Waals surface area contributed by atoms with E-state index in [1.54, 1.807) is 24.3 Å². The number of carbonyl (C=O) groups is 2. The van der Waals surface area contributed by atoms with E-state index in [2.05, 4.69) is 36.5 Å². The lowest BCUT2D eigenvalue weighted by molar-refractivity contribution is -0.115. The molecule has 0 spiro atoms. The van der Waals surface area contributed by atoms with Crippen molar-refractivity contribution in [3.8, 4) is 11.4 Å². The molecule has 0 unspecified atom stereocenters. The van der Waals surface area contributed by atoms with Crippen LogP contribution in [0.2, 0.25) is 0 Å². The van der Waals surface area contributed by atoms with Gasteiger partial charge in [0.05, 0.1) is 23.3 Å². The van der Waals surface area contributed by atoms with Gasteiger partial charge in [0, 0.05) is 15.6 Å². The minimum Gasteiger partial charge on any atom is -0.343 e. The molecule has 0 aliphatic carbocycles. The fourth-order valence-corrected chi connectivity index (χ4v) is 3.36. The molecule has 2 amide bonds. The zero-order valence-corrected chi connectivity index (χ0v) is 16.9. The van der Waals surface area contributed by atoms with Crippen molar-refractivity contribution < 1.29 is 9.59 Å². The summed E-state index contributed by atoms with van der Waals surface area (Å²) in [5.41, 5.74) is 3.65. The van der Waals surface area contributed by atoms with Crippen molar-refractivity contribution in [2.75, 3.05) is 11.9 Å². The second kappa shape index (κ2) is 8.28. The summed E-state index contributed by atoms with van der Waals surface area (Å²) in [6.07, 6.45) is 0. The zero-order valence-electron chi connectivity index (χ0n) is 15.3. The normalized spacial score (nSPS) is 10.7. The number of imidazole rings is 1. The average molecular weight is 449 g/mol. The largest absolute Gasteiger partial charge is 0.343 e. The number of nitrogens with zero attached hydrogens (tertiary/aromatic N) is 1. The van der Waals surface area contributed by atoms with Crippen molar-refractivity contribution in [2.45, 2.75) is 0 Å². The van der Waals surface area contributed by atoms with Crippen LogP contribution in [0.5, 0.6) is 0 Å². The molecule has 0 saturated carbocycles. The molecule has 29 heavy (non-hydrogen) atoms. The smallest absolute Gasteiger partial charge is 0.251 e. The van der Waals surface area contributed by atoms with Crippen molar-refractivity contribution in [3.63, 3.8) is 0 Å². The molecule has 0 atom stereocenters. The summed E-state index contributed by atoms with van der Waals surface area (Å²) in [6.45, 7) is -0.139. The standard InChI is InChI=1S/C22H17BrN4O2/c23-15-7-5-6-14(12-15)22(29)24-13-20(28)25-17-9-2-1-8-16(17)21-26-18-10-3-4-11-19(18)27-21/h1-12H,13H2,(H,24,29)(H,25,28)(H,26,27). The predicted octanol–water partition coefficient (Wildman–Crippen LogP) is 4.36. The molecule has 0 radical (unpaired) electrons. The van der Waals surface area contributed by atoms with E-state index in [1.165, 1.54) is 0 Å². The number of halogens is 1. The molecule has 6 nitrogen and oxygen atoms in total. The fourth-order valence-electron chi connectivity index (χ4n) is 2.97. The molecule has 4 rings (SSSR count). The second-order valence-electron chi connectivity index (χ2n) is 6.39. The maximum Gasteiger partial charge on any atom is 0.251 e. The van der Waals surface area contributed by atoms with E-state index < -0.39 is 0 Å². The highest BCUT2D eigenvalue weighted by molar-refractivity contribution is 9.10. The Morgan fingerprint density at radius 1 is 0.966 bits per heavy atom. The number of aromatic nitrogens is 2. The lowest BCUT2D eigenvalue weighted by atomic mass is 10.1. The summed E-state index contributed by atoms with van der Waals surface area (Å²) in [6, 6.07) is 22.1. The Bertz CT molecular complexity index is 1170. The first-order chi connectivity index (χ1) is 14.1. The van der Waals surface area contributed by atoms with E-state index in [0.29, 0.717) is 17.1 Å². The van der Waals surface area contributed by atoms with Gasteiger partial charge in [0.2, 0.25) is 5.91 Å². The fraction of sp³-hybridized carbons (Fsp3) is 0.0455. The number of aromatic amines is 1. The van der Waals surface area contributed by atoms with Gasteiger partial charge in [-0.05, 0) is 42.5 Å². The van der Waals surface area contributed by atoms with Gasteiger partial charge in [-0.1, -0.05) is 46.3 Å². The maximum absolute atomic E-state index is 12.4. The van der Waals surface area contributed by atoms with E-state index in [4.69, 9.17) is 0 Å². The van der Waals surface area contributed by atoms with E-state index in [1.807, 2.05) is 48.5 Å². The number of hydrogen-bond acceptors (Lipinski definition) is 3. The third-order valence-corrected chi connectivity index (χ3v) is 4.84. The summed E-state index contributed by atoms with van der Waals surface area (Å²) in [5.74, 6) is 0.0317. The van der Waals surface area contributed by atoms with Crippen molar-refractivity contribution in [1.82, 2.24) is 15.3 Å². The van der Waals surface area contributed by atoms with Gasteiger partial charge in [-0.25, -0.2) is 4.98 Å². The monoisotopic (exact) mass is 448 g/mol. The maximum atomic E-state index is 12.4. The van der Waals surface area contributed by atoms with E-state index >= 15 is 0 Å². The summed E-state index contributed by atoms with van der Waals surface area (Å²) >= 11 is 3.33. The van der Waals surface area contributed by atoms with E-state index in [0.717, 1.165) is 21.1 Å². The Morgan fingerprint density at radius 3 is 2.59 bits per heavy atom. The lowest BCUT2D eigenvalue weighted by Crippen LogP contribution is -2.32. The molecule has 0 aliphatic heterocycles. The molecule has 0 saturated heterocycles. The number of nitrogens with one attached hydrogen (secondary N) is 3. The molecule has 0 bridgehead atoms. The topological polar surface area (TPSA) is 86.9 Å². The number of rotatable bonds is 5. The Balaban J connectivity index is 1.47. The van der Waals surface area contributed by atoms with Crippen LogP contribution in [0.15, 0.2) is 77.3 Å². The first-order valence-corrected chi connectivity index (χ1v) is 9.77. The van der Waals surface area contributed by atoms with Crippen molar-refractivity contribution in [2.24, 2.45) is 0 Å². The van der Waals surface area contributed by atoms with Crippen LogP contribution in [0, 0.1) is 0 Å². The molecule has 1 heterocycles. The van der Waals surface area contributed by atoms with Crippen LogP contribution in [0.4, 0.5) is 5.69 Å². The number of amides is 2. The molecule has 144 valence electrons. The number of hydrogen-bond donors (Lipinski definition) is 3. The summed E-state index contributed by atoms with van der Waals surface area (Å²) in [4.78, 5) is 32.5. The number of fused-ring (bicyclic) bond motifs is 1. The van der Waals surface area contributed by atoms with Gasteiger partial charge in [-0.3, -0.25) is 9.59 Å². The van der Waals surface area contributed by atoms with Gasteiger partial charge < -0.3 is 15.6 Å². The Morgan fingerprint density at radius 2 is 1.76 bits per heavy atom. The van der Waals surface area contributed by atoms with Gasteiger partial charge in [0.1, 0.15) is 5.82 Å². The van der Waals surface area contributed by atoms with Crippen LogP contribution in [0.3, 0.4) is 0 Å². The number of para-hydroxylation sites is 3. The minimum absolute atomic E-state index is 0.139. The molecule has 3 aromatic carbocycles. The zero-order chi connectivity index (χ0) is 20.2. The van der Waals surface area contributed by atoms with Crippen LogP contribution in [-0.4, -0.2) is 28.3 Å². The van der Waals surface area contributed by atoms with Crippen molar-refractivity contribution >= 4 is 44.5 Å². The summed E-state index contributed by atoms with van der Waals surface area (Å²) < 4.78 is 0.800. The highest BCUT2D eigenvalue weighted by atomic mass is 79.9. The molecule has 0 aliphatic rings. The first-order valence-electron chi connectivity index (χ1n) is 8.98. The van der Waals surface area contributed by atoms with Crippen molar-refractivity contribution in [3.05, 3.63) is 82.8 Å². The van der Waals surface area contributed by atoms with Gasteiger partial charge >= 0.3 is 0 Å². The quantitative estimate of drug-likeness (QED) is 0.423. The number of anilines is 1. The van der Waals surface area contributed by atoms with Crippen LogP contribution >= 0.6 is 15.9 Å². The average Bonchev–Trinajstić information content (AvgIpc) is 3.16. The molecule has 1 aromatic heterocycles. The third kappa shape index (κ3) is 4.35. The minimum atomic E-state index is -0.322. The first kappa shape index (κ1) is 18.9. The van der Waals surface area contributed by atoms with Crippen LogP contribution in [0.25, 0.3) is 22.4 Å². The Kier molecular flexibility index (Phi) is 5.39. The summed E-state index contributed by atoms with van der Waals surface area (Å²) in [5, 5.41) is 5.48. The molecule has 3 N–H and O–H groups in total. The van der Waals surface area contributed by atoms with Gasteiger partial charge in [-0.2, -0.15) is 0 Å². The van der Waals surface area contributed by atoms with E-state index in [9.17, 15) is 9.59 Å². The highest BCUT2D eigenvalue weighted by Gasteiger charge is 2.13. The molecule has 7 heteroatoms. The van der Waals surface area contributed by atoms with Gasteiger partial charge in [0.25, 0.3) is 5.91 Å². The molecular weight excluding hydrogens is 432 g/mol. The second-order valence-corrected chi connectivity index (χ2v) is 7.31. The Labute approximate surface area is 175 Å². The number of H-pyrrole nitrogens is 1. The number of benzene rings is 3. The molecular formula is C22H17BrN4O2. The van der Waals surface area contributed by atoms with E-state index in [-0.39, 0.29) is 18.4 Å².